The van der Waals surface area contributed by atoms with Crippen LogP contribution in [-0.2, 0) is 26.7 Å². The highest BCUT2D eigenvalue weighted by Gasteiger charge is 2.43. The lowest BCUT2D eigenvalue weighted by molar-refractivity contribution is -0.144. The van der Waals surface area contributed by atoms with Crippen molar-refractivity contribution in [1.82, 2.24) is 0 Å². The average molecular weight is 387 g/mol. The molecule has 0 fully saturated rings. The van der Waals surface area contributed by atoms with E-state index in [-0.39, 0.29) is 12.1 Å². The van der Waals surface area contributed by atoms with Gasteiger partial charge in [0.15, 0.2) is 12.4 Å². The highest BCUT2D eigenvalue weighted by molar-refractivity contribution is 5.96. The number of aliphatic carboxylic acids is 1. The number of halogens is 6. The molecule has 0 aromatic heterocycles. The second-order valence-corrected chi connectivity index (χ2v) is 4.97. The number of ketones is 1. The number of carbonyl (C=O) groups is 3. The van der Waals surface area contributed by atoms with E-state index in [1.165, 1.54) is 0 Å². The molecule has 12 heteroatoms. The number of nitrogens with two attached hydrogens (primary N) is 1. The fourth-order valence-corrected chi connectivity index (χ4v) is 1.86. The molecule has 26 heavy (non-hydrogen) atoms. The molecule has 0 saturated heterocycles. The number of benzene rings is 1. The summed E-state index contributed by atoms with van der Waals surface area (Å²) in [4.78, 5) is 33.7. The van der Waals surface area contributed by atoms with Gasteiger partial charge in [-0.15, -0.1) is 0 Å². The number of alkyl halides is 6. The van der Waals surface area contributed by atoms with Crippen LogP contribution < -0.4 is 5.73 Å². The summed E-state index contributed by atoms with van der Waals surface area (Å²) in [6, 6.07) is -0.662. The van der Waals surface area contributed by atoms with E-state index in [2.05, 4.69) is 4.74 Å². The normalized spacial score (nSPS) is 13.2. The van der Waals surface area contributed by atoms with E-state index in [4.69, 9.17) is 10.8 Å². The summed E-state index contributed by atoms with van der Waals surface area (Å²) >= 11 is 0. The predicted molar refractivity (Wildman–Crippen MR) is 72.0 cm³/mol. The molecule has 1 atom stereocenters. The summed E-state index contributed by atoms with van der Waals surface area (Å²) in [6.07, 6.45) is -11.4. The third kappa shape index (κ3) is 5.44. The fraction of sp³-hybridized carbons (Fsp3) is 0.357. The van der Waals surface area contributed by atoms with E-state index in [0.29, 0.717) is 6.07 Å². The van der Waals surface area contributed by atoms with Gasteiger partial charge in [0.25, 0.3) is 0 Å². The Bertz CT molecular complexity index is 681. The first-order chi connectivity index (χ1) is 11.7. The molecule has 0 heterocycles. The molecule has 144 valence electrons. The zero-order valence-corrected chi connectivity index (χ0v) is 12.6. The summed E-state index contributed by atoms with van der Waals surface area (Å²) in [5.74, 6) is -4.70. The average Bonchev–Trinajstić information content (AvgIpc) is 2.49. The summed E-state index contributed by atoms with van der Waals surface area (Å²) in [5.41, 5.74) is -0.418. The number of carboxylic acids is 1. The first kappa shape index (κ1) is 21.4. The van der Waals surface area contributed by atoms with E-state index >= 15 is 0 Å². The molecule has 0 amide bonds. The number of hydrogen-bond acceptors (Lipinski definition) is 5. The van der Waals surface area contributed by atoms with Gasteiger partial charge >= 0.3 is 24.3 Å². The van der Waals surface area contributed by atoms with Crippen molar-refractivity contribution in [2.45, 2.75) is 24.8 Å². The zero-order chi connectivity index (χ0) is 20.3. The smallest absolute Gasteiger partial charge is 0.417 e. The minimum absolute atomic E-state index is 0.254. The van der Waals surface area contributed by atoms with E-state index in [1.807, 2.05) is 0 Å². The van der Waals surface area contributed by atoms with Gasteiger partial charge in [-0.05, 0) is 12.1 Å². The van der Waals surface area contributed by atoms with Crippen molar-refractivity contribution >= 4 is 17.7 Å². The third-order valence-corrected chi connectivity index (χ3v) is 3.03. The molecular weight excluding hydrogens is 376 g/mol. The molecule has 3 N–H and O–H groups in total. The Morgan fingerprint density at radius 1 is 1.04 bits per heavy atom. The standard InChI is InChI=1S/C14H11F6NO5/c15-13(16,17)6-2-1-3-7(14(18,19)20)11(6)12(25)26-5-9(22)8(21)4-10(23)24/h1-3,8H,4-5,21H2,(H,23,24). The van der Waals surface area contributed by atoms with Crippen LogP contribution in [0.15, 0.2) is 18.2 Å². The van der Waals surface area contributed by atoms with Crippen molar-refractivity contribution in [3.05, 3.63) is 34.9 Å². The van der Waals surface area contributed by atoms with Gasteiger partial charge in [0.2, 0.25) is 0 Å². The maximum Gasteiger partial charge on any atom is 0.417 e. The topological polar surface area (TPSA) is 107 Å². The number of esters is 1. The Morgan fingerprint density at radius 2 is 1.50 bits per heavy atom. The monoisotopic (exact) mass is 387 g/mol. The number of ether oxygens (including phenoxy) is 1. The van der Waals surface area contributed by atoms with Gasteiger partial charge in [-0.25, -0.2) is 4.79 Å². The van der Waals surface area contributed by atoms with E-state index in [9.17, 15) is 40.7 Å². The van der Waals surface area contributed by atoms with Crippen molar-refractivity contribution < 1.29 is 50.6 Å². The molecule has 0 aliphatic rings. The van der Waals surface area contributed by atoms with Crippen molar-refractivity contribution in [2.24, 2.45) is 5.73 Å². The van der Waals surface area contributed by atoms with Gasteiger partial charge < -0.3 is 15.6 Å². The Hall–Kier alpha value is -2.63. The molecule has 1 aromatic carbocycles. The van der Waals surface area contributed by atoms with Crippen LogP contribution in [0.1, 0.15) is 27.9 Å². The van der Waals surface area contributed by atoms with Crippen LogP contribution in [0.25, 0.3) is 0 Å². The Labute approximate surface area is 141 Å². The van der Waals surface area contributed by atoms with Crippen LogP contribution in [0.5, 0.6) is 0 Å². The lowest BCUT2D eigenvalue weighted by Gasteiger charge is -2.17. The first-order valence-electron chi connectivity index (χ1n) is 6.69. The van der Waals surface area contributed by atoms with Crippen molar-refractivity contribution in [2.75, 3.05) is 6.61 Å². The Kier molecular flexibility index (Phi) is 6.36. The van der Waals surface area contributed by atoms with Gasteiger partial charge in [-0.2, -0.15) is 26.3 Å². The maximum atomic E-state index is 12.9. The molecule has 1 rings (SSSR count). The van der Waals surface area contributed by atoms with Crippen molar-refractivity contribution in [1.29, 1.82) is 0 Å². The van der Waals surface area contributed by atoms with E-state index < -0.39 is 65.8 Å². The lowest BCUT2D eigenvalue weighted by Crippen LogP contribution is -2.36. The molecule has 0 bridgehead atoms. The van der Waals surface area contributed by atoms with E-state index in [1.54, 1.807) is 0 Å². The number of carbonyl (C=O) groups excluding carboxylic acids is 2. The van der Waals surface area contributed by atoms with Crippen LogP contribution in [0.3, 0.4) is 0 Å². The third-order valence-electron chi connectivity index (χ3n) is 3.03. The minimum atomic E-state index is -5.29. The summed E-state index contributed by atoms with van der Waals surface area (Å²) in [7, 11) is 0. The highest BCUT2D eigenvalue weighted by atomic mass is 19.4. The molecule has 0 aliphatic carbocycles. The highest BCUT2D eigenvalue weighted by Crippen LogP contribution is 2.39. The number of hydrogen-bond donors (Lipinski definition) is 2. The maximum absolute atomic E-state index is 12.9. The number of rotatable bonds is 6. The SMILES string of the molecule is NC(CC(=O)O)C(=O)COC(=O)c1c(C(F)(F)F)cccc1C(F)(F)F. The second-order valence-electron chi connectivity index (χ2n) is 4.97. The quantitative estimate of drug-likeness (QED) is 0.573. The van der Waals surface area contributed by atoms with Crippen LogP contribution in [0.2, 0.25) is 0 Å². The molecule has 0 saturated carbocycles. The predicted octanol–water partition coefficient (Wildman–Crippen LogP) is 2.25. The van der Waals surface area contributed by atoms with E-state index in [0.717, 1.165) is 0 Å². The molecule has 0 radical (unpaired) electrons. The van der Waals surface area contributed by atoms with Gasteiger partial charge in [-0.3, -0.25) is 9.59 Å². The largest absolute Gasteiger partial charge is 0.481 e. The molecule has 1 unspecified atom stereocenters. The van der Waals surface area contributed by atoms with Crippen LogP contribution in [0.4, 0.5) is 26.3 Å². The molecule has 0 aliphatic heterocycles. The number of carboxylic acid groups (broad SMARTS) is 1. The summed E-state index contributed by atoms with van der Waals surface area (Å²) < 4.78 is 81.7. The Morgan fingerprint density at radius 3 is 1.88 bits per heavy atom. The van der Waals surface area contributed by atoms with Crippen LogP contribution in [0, 0.1) is 0 Å². The zero-order valence-electron chi connectivity index (χ0n) is 12.6. The minimum Gasteiger partial charge on any atom is -0.481 e. The first-order valence-corrected chi connectivity index (χ1v) is 6.69. The van der Waals surface area contributed by atoms with Gasteiger partial charge in [-0.1, -0.05) is 6.07 Å². The number of Topliss-reactive ketones (excluding diaryl/α,β-unsaturated/α-hetero) is 1. The molecule has 1 aromatic rings. The van der Waals surface area contributed by atoms with Crippen molar-refractivity contribution in [3.63, 3.8) is 0 Å². The van der Waals surface area contributed by atoms with Crippen molar-refractivity contribution in [3.8, 4) is 0 Å². The molecule has 6 nitrogen and oxygen atoms in total. The summed E-state index contributed by atoms with van der Waals surface area (Å²) in [5, 5.41) is 8.45. The molecular formula is C14H11F6NO5. The molecule has 0 spiro atoms. The lowest BCUT2D eigenvalue weighted by atomic mass is 10.00. The van der Waals surface area contributed by atoms with Gasteiger partial charge in [0, 0.05) is 0 Å². The Balaban J connectivity index is 3.15. The second kappa shape index (κ2) is 7.72. The van der Waals surface area contributed by atoms with Gasteiger partial charge in [0.1, 0.15) is 0 Å². The van der Waals surface area contributed by atoms with Crippen LogP contribution in [-0.4, -0.2) is 35.5 Å². The fourth-order valence-electron chi connectivity index (χ4n) is 1.86. The summed E-state index contributed by atoms with van der Waals surface area (Å²) in [6.45, 7) is -1.28. The van der Waals surface area contributed by atoms with Crippen LogP contribution >= 0.6 is 0 Å². The van der Waals surface area contributed by atoms with Gasteiger partial charge in [0.05, 0.1) is 29.2 Å².